The van der Waals surface area contributed by atoms with E-state index in [1.54, 1.807) is 24.3 Å². The third-order valence-electron chi connectivity index (χ3n) is 2.86. The fourth-order valence-corrected chi connectivity index (χ4v) is 2.74. The van der Waals surface area contributed by atoms with Crippen LogP contribution in [-0.4, -0.2) is 32.6 Å². The Kier molecular flexibility index (Phi) is 7.90. The average Bonchev–Trinajstić information content (AvgIpc) is 2.52. The smallest absolute Gasteiger partial charge is 0.370 e. The number of carbonyl (C=O) groups excluding carboxylic acids is 1. The largest absolute Gasteiger partial charge is 0.494 e. The second kappa shape index (κ2) is 9.16. The van der Waals surface area contributed by atoms with Gasteiger partial charge in [0.15, 0.2) is 5.85 Å². The highest BCUT2D eigenvalue weighted by Gasteiger charge is 2.33. The molecule has 124 valence electrons. The fraction of sp³-hybridized carbons (Fsp3) is 0.500. The van der Waals surface area contributed by atoms with Gasteiger partial charge in [-0.1, -0.05) is 11.6 Å². The molecule has 1 aromatic rings. The van der Waals surface area contributed by atoms with Gasteiger partial charge in [-0.3, -0.25) is 9.36 Å². The molecule has 1 rings (SSSR count). The summed E-state index contributed by atoms with van der Waals surface area (Å²) in [6.45, 7) is 1.83. The molecule has 8 heteroatoms. The van der Waals surface area contributed by atoms with Gasteiger partial charge in [0.2, 0.25) is 0 Å². The van der Waals surface area contributed by atoms with Gasteiger partial charge in [0.1, 0.15) is 5.75 Å². The van der Waals surface area contributed by atoms with Crippen molar-refractivity contribution < 1.29 is 27.9 Å². The zero-order valence-electron chi connectivity index (χ0n) is 12.8. The van der Waals surface area contributed by atoms with E-state index in [1.807, 2.05) is 0 Å². The second-order valence-corrected chi connectivity index (χ2v) is 7.37. The van der Waals surface area contributed by atoms with E-state index in [0.717, 1.165) is 0 Å². The van der Waals surface area contributed by atoms with E-state index in [4.69, 9.17) is 30.1 Å². The minimum Gasteiger partial charge on any atom is -0.494 e. The summed E-state index contributed by atoms with van der Waals surface area (Å²) in [5.74, 6) is -0.761. The molecule has 0 aliphatic rings. The quantitative estimate of drug-likeness (QED) is 0.382. The summed E-state index contributed by atoms with van der Waals surface area (Å²) in [7, 11) is -0.915. The Labute approximate surface area is 135 Å². The van der Waals surface area contributed by atoms with E-state index >= 15 is 0 Å². The number of hydrogen-bond acceptors (Lipinski definition) is 6. The Morgan fingerprint density at radius 3 is 2.36 bits per heavy atom. The van der Waals surface area contributed by atoms with Gasteiger partial charge in [0.05, 0.1) is 6.61 Å². The lowest BCUT2D eigenvalue weighted by Crippen LogP contribution is -2.17. The molecule has 0 aromatic heterocycles. The van der Waals surface area contributed by atoms with E-state index in [1.165, 1.54) is 21.1 Å². The van der Waals surface area contributed by atoms with Crippen molar-refractivity contribution in [3.05, 3.63) is 29.3 Å². The van der Waals surface area contributed by atoms with Crippen LogP contribution in [0.2, 0.25) is 5.02 Å². The van der Waals surface area contributed by atoms with Crippen molar-refractivity contribution in [2.45, 2.75) is 25.6 Å². The molecule has 0 fully saturated rings. The number of hydrogen-bond donors (Lipinski definition) is 0. The molecule has 0 heterocycles. The van der Waals surface area contributed by atoms with Crippen LogP contribution in [0.5, 0.6) is 5.75 Å². The van der Waals surface area contributed by atoms with Gasteiger partial charge in [-0.2, -0.15) is 0 Å². The minimum atomic E-state index is -3.40. The lowest BCUT2D eigenvalue weighted by molar-refractivity contribution is -0.145. The number of carbonyl (C=O) groups is 1. The molecule has 1 aromatic carbocycles. The van der Waals surface area contributed by atoms with Crippen LogP contribution >= 0.6 is 19.2 Å². The molecule has 6 nitrogen and oxygen atoms in total. The van der Waals surface area contributed by atoms with Gasteiger partial charge in [-0.15, -0.1) is 0 Å². The Hall–Kier alpha value is -1.07. The zero-order chi connectivity index (χ0) is 16.6. The highest BCUT2D eigenvalue weighted by Crippen LogP contribution is 2.51. The van der Waals surface area contributed by atoms with Crippen LogP contribution < -0.4 is 4.74 Å². The Morgan fingerprint density at radius 1 is 1.23 bits per heavy atom. The molecule has 22 heavy (non-hydrogen) atoms. The molecular formula is C14H20ClO6P. The van der Waals surface area contributed by atoms with Gasteiger partial charge in [0.25, 0.3) is 0 Å². The van der Waals surface area contributed by atoms with Crippen molar-refractivity contribution >= 4 is 25.2 Å². The summed E-state index contributed by atoms with van der Waals surface area (Å²) in [6.07, 6.45) is 0.615. The minimum absolute atomic E-state index is 0.144. The average molecular weight is 351 g/mol. The van der Waals surface area contributed by atoms with Gasteiger partial charge >= 0.3 is 13.6 Å². The normalized spacial score (nSPS) is 12.7. The predicted molar refractivity (Wildman–Crippen MR) is 83.4 cm³/mol. The summed E-state index contributed by atoms with van der Waals surface area (Å²) in [5.41, 5.74) is 0. The molecule has 1 atom stereocenters. The van der Waals surface area contributed by atoms with Crippen LogP contribution in [0.15, 0.2) is 24.3 Å². The first-order valence-corrected chi connectivity index (χ1v) is 8.69. The molecule has 0 bridgehead atoms. The zero-order valence-corrected chi connectivity index (χ0v) is 14.4. The van der Waals surface area contributed by atoms with E-state index in [9.17, 15) is 9.36 Å². The summed E-state index contributed by atoms with van der Waals surface area (Å²) in [6, 6.07) is 6.94. The predicted octanol–water partition coefficient (Wildman–Crippen LogP) is 3.87. The molecule has 0 aliphatic carbocycles. The van der Waals surface area contributed by atoms with Gasteiger partial charge < -0.3 is 18.5 Å². The Balaban J connectivity index is 2.28. The first-order valence-electron chi connectivity index (χ1n) is 6.70. The van der Waals surface area contributed by atoms with E-state index in [2.05, 4.69) is 0 Å². The first kappa shape index (κ1) is 19.0. The van der Waals surface area contributed by atoms with Crippen molar-refractivity contribution in [2.24, 2.45) is 0 Å². The monoisotopic (exact) mass is 350 g/mol. The molecule has 0 saturated carbocycles. The molecule has 0 amide bonds. The number of ether oxygens (including phenoxy) is 2. The maximum Gasteiger partial charge on any atom is 0.370 e. The van der Waals surface area contributed by atoms with Crippen LogP contribution in [0.4, 0.5) is 0 Å². The summed E-state index contributed by atoms with van der Waals surface area (Å²) >= 11 is 5.76. The molecule has 0 spiro atoms. The molecule has 0 radical (unpaired) electrons. The number of halogens is 1. The highest BCUT2D eigenvalue weighted by molar-refractivity contribution is 7.54. The summed E-state index contributed by atoms with van der Waals surface area (Å²) in [4.78, 5) is 11.7. The molecule has 0 aliphatic heterocycles. The maximum absolute atomic E-state index is 12.0. The lowest BCUT2D eigenvalue weighted by atomic mass is 10.3. The van der Waals surface area contributed by atoms with Crippen LogP contribution in [-0.2, 0) is 23.1 Å². The fourth-order valence-electron chi connectivity index (χ4n) is 1.62. The standard InChI is InChI=1S/C14H20ClO6P/c1-11(22(17,18-2)19-3)21-14(16)5-4-10-20-13-8-6-12(15)7-9-13/h6-9,11H,4-5,10H2,1-3H3. The Bertz CT molecular complexity index is 511. The van der Waals surface area contributed by atoms with E-state index < -0.39 is 19.4 Å². The molecule has 0 N–H and O–H groups in total. The third-order valence-corrected chi connectivity index (χ3v) is 5.13. The van der Waals surface area contributed by atoms with Gasteiger partial charge in [-0.05, 0) is 37.6 Å². The second-order valence-electron chi connectivity index (χ2n) is 4.40. The molecule has 1 unspecified atom stereocenters. The summed E-state index contributed by atoms with van der Waals surface area (Å²) < 4.78 is 32.0. The van der Waals surface area contributed by atoms with E-state index in [-0.39, 0.29) is 6.42 Å². The molecule has 0 saturated heterocycles. The van der Waals surface area contributed by atoms with Gasteiger partial charge in [0, 0.05) is 25.7 Å². The maximum atomic E-state index is 12.0. The van der Waals surface area contributed by atoms with E-state index in [0.29, 0.717) is 23.8 Å². The lowest BCUT2D eigenvalue weighted by Gasteiger charge is -2.20. The third kappa shape index (κ3) is 5.97. The van der Waals surface area contributed by atoms with Crippen LogP contribution in [0.25, 0.3) is 0 Å². The number of benzene rings is 1. The SMILES string of the molecule is COP(=O)(OC)C(C)OC(=O)CCCOc1ccc(Cl)cc1. The van der Waals surface area contributed by atoms with Crippen molar-refractivity contribution in [3.63, 3.8) is 0 Å². The number of rotatable bonds is 9. The molecular weight excluding hydrogens is 331 g/mol. The van der Waals surface area contributed by atoms with Crippen molar-refractivity contribution in [2.75, 3.05) is 20.8 Å². The van der Waals surface area contributed by atoms with Crippen LogP contribution in [0.1, 0.15) is 19.8 Å². The van der Waals surface area contributed by atoms with Crippen LogP contribution in [0.3, 0.4) is 0 Å². The Morgan fingerprint density at radius 2 is 1.82 bits per heavy atom. The highest BCUT2D eigenvalue weighted by atomic mass is 35.5. The summed E-state index contributed by atoms with van der Waals surface area (Å²) in [5, 5.41) is 0.630. The van der Waals surface area contributed by atoms with Crippen molar-refractivity contribution in [1.82, 2.24) is 0 Å². The van der Waals surface area contributed by atoms with Crippen LogP contribution in [0, 0.1) is 0 Å². The van der Waals surface area contributed by atoms with Gasteiger partial charge in [-0.25, -0.2) is 0 Å². The number of esters is 1. The first-order chi connectivity index (χ1) is 10.4. The van der Waals surface area contributed by atoms with Crippen molar-refractivity contribution in [3.8, 4) is 5.75 Å². The van der Waals surface area contributed by atoms with Crippen molar-refractivity contribution in [1.29, 1.82) is 0 Å². The topological polar surface area (TPSA) is 71.1 Å².